The zero-order chi connectivity index (χ0) is 17.5. The zero-order valence-corrected chi connectivity index (χ0v) is 15.7. The molecule has 0 fully saturated rings. The third-order valence-electron chi connectivity index (χ3n) is 4.57. The molecule has 3 rings (SSSR count). The lowest BCUT2D eigenvalue weighted by molar-refractivity contribution is -0.118. The highest BCUT2D eigenvalue weighted by Crippen LogP contribution is 2.42. The predicted octanol–water partition coefficient (Wildman–Crippen LogP) is 5.23. The number of allylic oxidation sites excluding steroid dienone is 2. The molecule has 128 valence electrons. The molecule has 1 heterocycles. The Morgan fingerprint density at radius 1 is 1.25 bits per heavy atom. The van der Waals surface area contributed by atoms with Crippen molar-refractivity contribution in [1.82, 2.24) is 4.90 Å². The molecule has 0 spiro atoms. The molecule has 0 amide bonds. The van der Waals surface area contributed by atoms with Crippen molar-refractivity contribution in [1.29, 1.82) is 0 Å². The highest BCUT2D eigenvalue weighted by atomic mass is 35.5. The monoisotopic (exact) mass is 365 g/mol. The normalized spacial score (nSPS) is 22.0. The molecular weight excluding hydrogens is 345 g/mol. The van der Waals surface area contributed by atoms with Crippen molar-refractivity contribution in [3.05, 3.63) is 51.3 Å². The summed E-state index contributed by atoms with van der Waals surface area (Å²) in [6.45, 7) is 5.17. The number of benzene rings is 1. The van der Waals surface area contributed by atoms with Gasteiger partial charge in [-0.2, -0.15) is 0 Å². The van der Waals surface area contributed by atoms with E-state index in [-0.39, 0.29) is 11.2 Å². The molecule has 0 unspecified atom stereocenters. The summed E-state index contributed by atoms with van der Waals surface area (Å²) in [5, 5.41) is 1.02. The Labute approximate surface area is 152 Å². The average molecular weight is 366 g/mol. The van der Waals surface area contributed by atoms with Crippen LogP contribution in [0, 0.1) is 5.41 Å². The maximum atomic E-state index is 12.7. The molecule has 0 atom stereocenters. The van der Waals surface area contributed by atoms with Gasteiger partial charge in [0.2, 0.25) is 0 Å². The number of hydrogen-bond acceptors (Lipinski definition) is 3. The van der Waals surface area contributed by atoms with Crippen molar-refractivity contribution >= 4 is 29.0 Å². The molecule has 0 radical (unpaired) electrons. The van der Waals surface area contributed by atoms with Crippen molar-refractivity contribution < 1.29 is 9.53 Å². The van der Waals surface area contributed by atoms with Crippen molar-refractivity contribution in [2.24, 2.45) is 5.41 Å². The van der Waals surface area contributed by atoms with Gasteiger partial charge in [0.1, 0.15) is 5.75 Å². The van der Waals surface area contributed by atoms with Crippen LogP contribution in [0.4, 0.5) is 0 Å². The van der Waals surface area contributed by atoms with Crippen LogP contribution in [0.5, 0.6) is 5.75 Å². The number of halogens is 2. The molecule has 0 aromatic heterocycles. The molecule has 0 saturated carbocycles. The van der Waals surface area contributed by atoms with Gasteiger partial charge in [-0.25, -0.2) is 0 Å². The van der Waals surface area contributed by atoms with Crippen LogP contribution in [0.1, 0.15) is 33.1 Å². The smallest absolute Gasteiger partial charge is 0.165 e. The SMILES string of the molecule is CN1CC/C(=C\Oc2ccc(Cl)cc2Cl)C2=C1CC(C)(C)CC2=O. The first-order valence-electron chi connectivity index (χ1n) is 8.05. The van der Waals surface area contributed by atoms with E-state index >= 15 is 0 Å². The Balaban J connectivity index is 1.93. The minimum absolute atomic E-state index is 0.00692. The van der Waals surface area contributed by atoms with E-state index in [2.05, 4.69) is 25.8 Å². The van der Waals surface area contributed by atoms with Gasteiger partial charge in [-0.1, -0.05) is 37.0 Å². The summed E-state index contributed by atoms with van der Waals surface area (Å²) in [5.74, 6) is 0.739. The number of hydrogen-bond donors (Lipinski definition) is 0. The second-order valence-electron chi connectivity index (χ2n) is 7.27. The van der Waals surface area contributed by atoms with Crippen LogP contribution in [0.25, 0.3) is 0 Å². The Hall–Kier alpha value is -1.45. The summed E-state index contributed by atoms with van der Waals surface area (Å²) in [7, 11) is 2.05. The topological polar surface area (TPSA) is 29.5 Å². The average Bonchev–Trinajstić information content (AvgIpc) is 2.47. The molecule has 2 aliphatic rings. The van der Waals surface area contributed by atoms with E-state index in [4.69, 9.17) is 27.9 Å². The zero-order valence-electron chi connectivity index (χ0n) is 14.2. The summed E-state index contributed by atoms with van der Waals surface area (Å²) < 4.78 is 5.76. The fourth-order valence-corrected chi connectivity index (χ4v) is 3.80. The van der Waals surface area contributed by atoms with Crippen molar-refractivity contribution in [3.8, 4) is 5.75 Å². The minimum Gasteiger partial charge on any atom is -0.463 e. The standard InChI is InChI=1S/C19H21Cl2NO2/c1-19(2)9-15-18(16(23)10-19)12(6-7-22(15)3)11-24-17-5-4-13(20)8-14(17)21/h4-5,8,11H,6-7,9-10H2,1-3H3/b12-11+. The van der Waals surface area contributed by atoms with Crippen molar-refractivity contribution in [3.63, 3.8) is 0 Å². The first kappa shape index (κ1) is 17.4. The molecule has 1 aromatic carbocycles. The van der Waals surface area contributed by atoms with Crippen LogP contribution in [-0.2, 0) is 4.79 Å². The number of carbonyl (C=O) groups excluding carboxylic acids is 1. The van der Waals surface area contributed by atoms with Crippen LogP contribution >= 0.6 is 23.2 Å². The van der Waals surface area contributed by atoms with Gasteiger partial charge in [0.05, 0.1) is 11.3 Å². The Bertz CT molecular complexity index is 750. The Morgan fingerprint density at radius 2 is 2.00 bits per heavy atom. The molecule has 3 nitrogen and oxygen atoms in total. The number of ether oxygens (including phenoxy) is 1. The quantitative estimate of drug-likeness (QED) is 0.671. The lowest BCUT2D eigenvalue weighted by Crippen LogP contribution is -2.36. The van der Waals surface area contributed by atoms with Gasteiger partial charge in [-0.3, -0.25) is 4.79 Å². The minimum atomic E-state index is 0.00692. The van der Waals surface area contributed by atoms with Gasteiger partial charge in [-0.15, -0.1) is 0 Å². The van der Waals surface area contributed by atoms with E-state index in [0.29, 0.717) is 22.2 Å². The summed E-state index contributed by atoms with van der Waals surface area (Å²) in [6, 6.07) is 5.11. The number of rotatable bonds is 2. The maximum Gasteiger partial charge on any atom is 0.165 e. The van der Waals surface area contributed by atoms with E-state index < -0.39 is 0 Å². The summed E-state index contributed by atoms with van der Waals surface area (Å²) in [6.07, 6.45) is 3.93. The van der Waals surface area contributed by atoms with Gasteiger partial charge in [0.15, 0.2) is 5.78 Å². The molecule has 1 aliphatic heterocycles. The molecule has 0 bridgehead atoms. The fourth-order valence-electron chi connectivity index (χ4n) is 3.35. The van der Waals surface area contributed by atoms with Gasteiger partial charge in [0, 0.05) is 41.9 Å². The van der Waals surface area contributed by atoms with Crippen LogP contribution in [0.15, 0.2) is 41.3 Å². The van der Waals surface area contributed by atoms with Gasteiger partial charge < -0.3 is 9.64 Å². The first-order chi connectivity index (χ1) is 11.3. The second-order valence-corrected chi connectivity index (χ2v) is 8.11. The summed E-state index contributed by atoms with van der Waals surface area (Å²) in [4.78, 5) is 14.9. The largest absolute Gasteiger partial charge is 0.463 e. The van der Waals surface area contributed by atoms with E-state index in [1.165, 1.54) is 0 Å². The number of ketones is 1. The molecule has 0 N–H and O–H groups in total. The lowest BCUT2D eigenvalue weighted by atomic mass is 9.72. The molecule has 1 aliphatic carbocycles. The van der Waals surface area contributed by atoms with Crippen molar-refractivity contribution in [2.45, 2.75) is 33.1 Å². The number of Topliss-reactive ketones (excluding diaryl/α,β-unsaturated/α-hetero) is 1. The van der Waals surface area contributed by atoms with Crippen LogP contribution in [-0.4, -0.2) is 24.3 Å². The molecule has 24 heavy (non-hydrogen) atoms. The summed E-state index contributed by atoms with van der Waals surface area (Å²) in [5.41, 5.74) is 2.91. The third kappa shape index (κ3) is 3.47. The highest BCUT2D eigenvalue weighted by molar-refractivity contribution is 6.35. The fraction of sp³-hybridized carbons (Fsp3) is 0.421. The maximum absolute atomic E-state index is 12.7. The van der Waals surface area contributed by atoms with E-state index in [9.17, 15) is 4.79 Å². The second kappa shape index (κ2) is 6.45. The first-order valence-corrected chi connectivity index (χ1v) is 8.81. The third-order valence-corrected chi connectivity index (χ3v) is 5.10. The van der Waals surface area contributed by atoms with E-state index in [1.807, 2.05) is 0 Å². The molecule has 1 aromatic rings. The van der Waals surface area contributed by atoms with E-state index in [1.54, 1.807) is 24.5 Å². The van der Waals surface area contributed by atoms with Crippen LogP contribution in [0.3, 0.4) is 0 Å². The molecular formula is C19H21Cl2NO2. The Kier molecular flexibility index (Phi) is 4.67. The van der Waals surface area contributed by atoms with Crippen LogP contribution < -0.4 is 4.74 Å². The van der Waals surface area contributed by atoms with E-state index in [0.717, 1.165) is 36.2 Å². The summed E-state index contributed by atoms with van der Waals surface area (Å²) >= 11 is 12.1. The molecule has 5 heteroatoms. The van der Waals surface area contributed by atoms with Crippen molar-refractivity contribution in [2.75, 3.05) is 13.6 Å². The molecule has 0 saturated heterocycles. The van der Waals surface area contributed by atoms with Gasteiger partial charge in [-0.05, 0) is 36.5 Å². The van der Waals surface area contributed by atoms with Gasteiger partial charge in [0.25, 0.3) is 0 Å². The predicted molar refractivity (Wildman–Crippen MR) is 97.5 cm³/mol. The number of nitrogens with zero attached hydrogens (tertiary/aromatic N) is 1. The Morgan fingerprint density at radius 3 is 2.71 bits per heavy atom. The number of carbonyl (C=O) groups is 1. The lowest BCUT2D eigenvalue weighted by Gasteiger charge is -2.40. The van der Waals surface area contributed by atoms with Crippen LogP contribution in [0.2, 0.25) is 10.0 Å². The highest BCUT2D eigenvalue weighted by Gasteiger charge is 2.37. The van der Waals surface area contributed by atoms with Gasteiger partial charge >= 0.3 is 0 Å².